The molecular weight excluding hydrogens is 366 g/mol. The van der Waals surface area contributed by atoms with Crippen molar-refractivity contribution in [2.75, 3.05) is 32.8 Å². The Hall–Kier alpha value is -1.95. The molecule has 0 atom stereocenters. The van der Waals surface area contributed by atoms with Crippen LogP contribution in [0.4, 0.5) is 0 Å². The first-order valence-electron chi connectivity index (χ1n) is 9.36. The van der Waals surface area contributed by atoms with Crippen LogP contribution in [0.3, 0.4) is 0 Å². The molecule has 1 N–H and O–H groups in total. The fraction of sp³-hybridized carbons (Fsp3) is 0.579. The zero-order valence-corrected chi connectivity index (χ0v) is 16.1. The van der Waals surface area contributed by atoms with E-state index in [1.807, 2.05) is 6.07 Å². The Bertz CT molecular complexity index is 804. The molecule has 0 unspecified atom stereocenters. The van der Waals surface area contributed by atoms with Crippen LogP contribution in [0, 0.1) is 23.2 Å². The Balaban J connectivity index is 1.50. The van der Waals surface area contributed by atoms with Gasteiger partial charge < -0.3 is 10.1 Å². The number of nitrogens with zero attached hydrogens (tertiary/aromatic N) is 2. The summed E-state index contributed by atoms with van der Waals surface area (Å²) in [6.07, 6.45) is 2.96. The maximum Gasteiger partial charge on any atom is 0.243 e. The van der Waals surface area contributed by atoms with Crippen molar-refractivity contribution < 1.29 is 17.9 Å². The summed E-state index contributed by atoms with van der Waals surface area (Å²) in [5, 5.41) is 12.0. The molecule has 8 heteroatoms. The summed E-state index contributed by atoms with van der Waals surface area (Å²) in [5.74, 6) is 0.402. The molecule has 0 aliphatic carbocycles. The summed E-state index contributed by atoms with van der Waals surface area (Å²) in [5.41, 5.74) is 0.335. The van der Waals surface area contributed by atoms with E-state index in [0.29, 0.717) is 51.3 Å². The van der Waals surface area contributed by atoms with Crippen molar-refractivity contribution in [1.29, 1.82) is 5.26 Å². The number of carbonyl (C=O) groups excluding carboxylic acids is 1. The number of nitriles is 1. The summed E-state index contributed by atoms with van der Waals surface area (Å²) in [7, 11) is -3.59. The van der Waals surface area contributed by atoms with Crippen LogP contribution in [0.1, 0.15) is 31.2 Å². The minimum absolute atomic E-state index is 0.0339. The molecule has 7 nitrogen and oxygen atoms in total. The Morgan fingerprint density at radius 2 is 1.93 bits per heavy atom. The molecule has 2 fully saturated rings. The largest absolute Gasteiger partial charge is 0.381 e. The van der Waals surface area contributed by atoms with Crippen LogP contribution in [0.5, 0.6) is 0 Å². The van der Waals surface area contributed by atoms with Crippen LogP contribution >= 0.6 is 0 Å². The second kappa shape index (κ2) is 8.83. The lowest BCUT2D eigenvalue weighted by Gasteiger charge is -2.31. The van der Waals surface area contributed by atoms with Crippen molar-refractivity contribution in [1.82, 2.24) is 9.62 Å². The van der Waals surface area contributed by atoms with Crippen molar-refractivity contribution in [3.8, 4) is 6.07 Å². The van der Waals surface area contributed by atoms with Crippen LogP contribution in [0.15, 0.2) is 29.2 Å². The Kier molecular flexibility index (Phi) is 6.47. The highest BCUT2D eigenvalue weighted by Gasteiger charge is 2.30. The fourth-order valence-corrected chi connectivity index (χ4v) is 5.09. The molecule has 3 rings (SSSR count). The average molecular weight is 391 g/mol. The molecule has 146 valence electrons. The second-order valence-electron chi connectivity index (χ2n) is 7.12. The first kappa shape index (κ1) is 19.8. The quantitative estimate of drug-likeness (QED) is 0.820. The van der Waals surface area contributed by atoms with Gasteiger partial charge in [-0.15, -0.1) is 0 Å². The van der Waals surface area contributed by atoms with E-state index < -0.39 is 10.0 Å². The molecule has 2 heterocycles. The average Bonchev–Trinajstić information content (AvgIpc) is 2.73. The fourth-order valence-electron chi connectivity index (χ4n) is 3.58. The van der Waals surface area contributed by atoms with E-state index in [-0.39, 0.29) is 22.6 Å². The Labute approximate surface area is 160 Å². The molecule has 0 spiro atoms. The second-order valence-corrected chi connectivity index (χ2v) is 9.06. The molecule has 0 saturated carbocycles. The summed E-state index contributed by atoms with van der Waals surface area (Å²) in [4.78, 5) is 12.4. The number of carbonyl (C=O) groups is 1. The summed E-state index contributed by atoms with van der Waals surface area (Å²) < 4.78 is 32.3. The Morgan fingerprint density at radius 1 is 1.22 bits per heavy atom. The summed E-state index contributed by atoms with van der Waals surface area (Å²) >= 11 is 0. The van der Waals surface area contributed by atoms with E-state index in [4.69, 9.17) is 10.00 Å². The molecule has 1 aromatic rings. The minimum Gasteiger partial charge on any atom is -0.381 e. The molecule has 0 bridgehead atoms. The lowest BCUT2D eigenvalue weighted by molar-refractivity contribution is -0.128. The zero-order chi connectivity index (χ0) is 19.3. The van der Waals surface area contributed by atoms with Gasteiger partial charge in [-0.2, -0.15) is 9.57 Å². The maximum atomic E-state index is 12.8. The third-order valence-corrected chi connectivity index (χ3v) is 7.23. The molecular formula is C19H25N3O4S. The van der Waals surface area contributed by atoms with Gasteiger partial charge in [-0.1, -0.05) is 6.07 Å². The van der Waals surface area contributed by atoms with Gasteiger partial charge in [0.1, 0.15) is 0 Å². The first-order valence-corrected chi connectivity index (χ1v) is 10.8. The van der Waals surface area contributed by atoms with Gasteiger partial charge in [0.15, 0.2) is 0 Å². The van der Waals surface area contributed by atoms with Crippen LogP contribution in [-0.4, -0.2) is 51.5 Å². The van der Waals surface area contributed by atoms with E-state index in [9.17, 15) is 13.2 Å². The predicted molar refractivity (Wildman–Crippen MR) is 99.2 cm³/mol. The van der Waals surface area contributed by atoms with E-state index in [1.54, 1.807) is 12.1 Å². The SMILES string of the molecule is N#Cc1cccc(S(=O)(=O)N2CCC(CNC(=O)C3CCOCC3)CC2)c1. The minimum atomic E-state index is -3.59. The number of sulfonamides is 1. The van der Waals surface area contributed by atoms with Gasteiger partial charge in [0.25, 0.3) is 0 Å². The molecule has 1 aromatic carbocycles. The molecule has 1 amide bonds. The van der Waals surface area contributed by atoms with Gasteiger partial charge in [-0.25, -0.2) is 8.42 Å². The third kappa shape index (κ3) is 4.86. The molecule has 0 aromatic heterocycles. The predicted octanol–water partition coefficient (Wildman–Crippen LogP) is 1.50. The number of ether oxygens (including phenoxy) is 1. The Morgan fingerprint density at radius 3 is 2.59 bits per heavy atom. The smallest absolute Gasteiger partial charge is 0.243 e. The zero-order valence-electron chi connectivity index (χ0n) is 15.3. The van der Waals surface area contributed by atoms with Crippen molar-refractivity contribution >= 4 is 15.9 Å². The highest BCUT2D eigenvalue weighted by molar-refractivity contribution is 7.89. The molecule has 2 saturated heterocycles. The van der Waals surface area contributed by atoms with Crippen molar-refractivity contribution in [2.24, 2.45) is 11.8 Å². The van der Waals surface area contributed by atoms with E-state index in [1.165, 1.54) is 16.4 Å². The van der Waals surface area contributed by atoms with Crippen LogP contribution < -0.4 is 5.32 Å². The number of nitrogens with one attached hydrogen (secondary N) is 1. The van der Waals surface area contributed by atoms with E-state index in [2.05, 4.69) is 5.32 Å². The van der Waals surface area contributed by atoms with Gasteiger partial charge >= 0.3 is 0 Å². The monoisotopic (exact) mass is 391 g/mol. The van der Waals surface area contributed by atoms with Gasteiger partial charge in [0, 0.05) is 38.8 Å². The normalized spacial score (nSPS) is 20.1. The number of hydrogen-bond acceptors (Lipinski definition) is 5. The number of hydrogen-bond donors (Lipinski definition) is 1. The summed E-state index contributed by atoms with van der Waals surface area (Å²) in [6, 6.07) is 8.09. The standard InChI is InChI=1S/C19H25N3O4S/c20-13-16-2-1-3-18(12-16)27(24,25)22-8-4-15(5-9-22)14-21-19(23)17-6-10-26-11-7-17/h1-3,12,15,17H,4-11,14H2,(H,21,23). The number of piperidine rings is 1. The topological polar surface area (TPSA) is 99.5 Å². The van der Waals surface area contributed by atoms with Crippen LogP contribution in [0.2, 0.25) is 0 Å². The first-order chi connectivity index (χ1) is 13.0. The van der Waals surface area contributed by atoms with Crippen molar-refractivity contribution in [2.45, 2.75) is 30.6 Å². The van der Waals surface area contributed by atoms with Gasteiger partial charge in [-0.3, -0.25) is 4.79 Å². The van der Waals surface area contributed by atoms with E-state index in [0.717, 1.165) is 12.8 Å². The highest BCUT2D eigenvalue weighted by atomic mass is 32.2. The molecule has 0 radical (unpaired) electrons. The van der Waals surface area contributed by atoms with Crippen LogP contribution in [0.25, 0.3) is 0 Å². The number of rotatable bonds is 5. The number of benzene rings is 1. The van der Waals surface area contributed by atoms with Gasteiger partial charge in [-0.05, 0) is 49.8 Å². The lowest BCUT2D eigenvalue weighted by Crippen LogP contribution is -2.42. The summed E-state index contributed by atoms with van der Waals surface area (Å²) in [6.45, 7) is 2.73. The van der Waals surface area contributed by atoms with Crippen molar-refractivity contribution in [3.05, 3.63) is 29.8 Å². The maximum absolute atomic E-state index is 12.8. The molecule has 27 heavy (non-hydrogen) atoms. The third-order valence-electron chi connectivity index (χ3n) is 5.33. The van der Waals surface area contributed by atoms with E-state index >= 15 is 0 Å². The van der Waals surface area contributed by atoms with Crippen molar-refractivity contribution in [3.63, 3.8) is 0 Å². The van der Waals surface area contributed by atoms with Crippen LogP contribution in [-0.2, 0) is 19.6 Å². The van der Waals surface area contributed by atoms with Gasteiger partial charge in [0.2, 0.25) is 15.9 Å². The number of amides is 1. The molecule has 2 aliphatic heterocycles. The lowest BCUT2D eigenvalue weighted by atomic mass is 9.96. The highest BCUT2D eigenvalue weighted by Crippen LogP contribution is 2.24. The van der Waals surface area contributed by atoms with Gasteiger partial charge in [0.05, 0.1) is 16.5 Å². The molecule has 2 aliphatic rings.